The lowest BCUT2D eigenvalue weighted by atomic mass is 10.2. The van der Waals surface area contributed by atoms with Crippen molar-refractivity contribution in [2.75, 3.05) is 14.1 Å². The molecular weight excluding hydrogens is 322 g/mol. The summed E-state index contributed by atoms with van der Waals surface area (Å²) in [6.45, 7) is 2.63. The molecule has 0 saturated heterocycles. The highest BCUT2D eigenvalue weighted by Gasteiger charge is 2.05. The third kappa shape index (κ3) is 4.69. The van der Waals surface area contributed by atoms with Crippen molar-refractivity contribution in [3.05, 3.63) is 50.4 Å². The molecule has 0 aliphatic carbocycles. The SMILES string of the molecule is CNCc1cccc(CN(C)Cc2csc(Br)c2)n1. The Morgan fingerprint density at radius 2 is 2.11 bits per heavy atom. The molecule has 5 heteroatoms. The molecule has 0 radical (unpaired) electrons. The first kappa shape index (κ1) is 14.7. The van der Waals surface area contributed by atoms with Crippen molar-refractivity contribution in [1.82, 2.24) is 15.2 Å². The molecule has 0 unspecified atom stereocenters. The summed E-state index contributed by atoms with van der Waals surface area (Å²) in [5.41, 5.74) is 3.54. The second-order valence-corrected chi connectivity index (χ2v) is 6.87. The summed E-state index contributed by atoms with van der Waals surface area (Å²) in [4.78, 5) is 6.92. The van der Waals surface area contributed by atoms with Crippen LogP contribution in [0.25, 0.3) is 0 Å². The fourth-order valence-corrected chi connectivity index (χ4v) is 3.17. The molecule has 0 spiro atoms. The van der Waals surface area contributed by atoms with E-state index in [9.17, 15) is 0 Å². The third-order valence-electron chi connectivity index (χ3n) is 2.73. The van der Waals surface area contributed by atoms with Crippen molar-refractivity contribution in [2.24, 2.45) is 0 Å². The standard InChI is InChI=1S/C14H18BrN3S/c1-16-7-12-4-3-5-13(17-12)9-18(2)8-11-6-14(15)19-10-11/h3-6,10,16H,7-9H2,1-2H3. The highest BCUT2D eigenvalue weighted by atomic mass is 79.9. The average Bonchev–Trinajstić information content (AvgIpc) is 2.75. The van der Waals surface area contributed by atoms with Crippen molar-refractivity contribution in [3.8, 4) is 0 Å². The van der Waals surface area contributed by atoms with Gasteiger partial charge in [0, 0.05) is 19.6 Å². The Labute approximate surface area is 126 Å². The Bertz CT molecular complexity index is 527. The number of nitrogens with zero attached hydrogens (tertiary/aromatic N) is 2. The molecule has 0 fully saturated rings. The molecule has 2 heterocycles. The minimum absolute atomic E-state index is 0.815. The summed E-state index contributed by atoms with van der Waals surface area (Å²) in [6, 6.07) is 8.38. The van der Waals surface area contributed by atoms with Crippen molar-refractivity contribution in [2.45, 2.75) is 19.6 Å². The van der Waals surface area contributed by atoms with Gasteiger partial charge in [0.2, 0.25) is 0 Å². The second-order valence-electron chi connectivity index (χ2n) is 4.58. The van der Waals surface area contributed by atoms with Crippen LogP contribution in [-0.2, 0) is 19.6 Å². The van der Waals surface area contributed by atoms with Crippen LogP contribution in [-0.4, -0.2) is 24.0 Å². The van der Waals surface area contributed by atoms with Gasteiger partial charge >= 0.3 is 0 Å². The van der Waals surface area contributed by atoms with E-state index in [0.29, 0.717) is 0 Å². The minimum atomic E-state index is 0.815. The van der Waals surface area contributed by atoms with Gasteiger partial charge in [0.05, 0.1) is 15.2 Å². The van der Waals surface area contributed by atoms with Crippen molar-refractivity contribution >= 4 is 27.3 Å². The van der Waals surface area contributed by atoms with Crippen LogP contribution in [0.4, 0.5) is 0 Å². The zero-order chi connectivity index (χ0) is 13.7. The third-order valence-corrected chi connectivity index (χ3v) is 4.28. The molecule has 2 rings (SSSR count). The number of hydrogen-bond donors (Lipinski definition) is 1. The molecule has 19 heavy (non-hydrogen) atoms. The van der Waals surface area contributed by atoms with Crippen molar-refractivity contribution in [1.29, 1.82) is 0 Å². The Kier molecular flexibility index (Phi) is 5.51. The highest BCUT2D eigenvalue weighted by molar-refractivity contribution is 9.11. The van der Waals surface area contributed by atoms with Gasteiger partial charge in [-0.25, -0.2) is 0 Å². The van der Waals surface area contributed by atoms with Crippen molar-refractivity contribution in [3.63, 3.8) is 0 Å². The molecule has 0 aliphatic rings. The second kappa shape index (κ2) is 7.14. The monoisotopic (exact) mass is 339 g/mol. The van der Waals surface area contributed by atoms with E-state index in [4.69, 9.17) is 0 Å². The Hall–Kier alpha value is -0.750. The molecule has 102 valence electrons. The van der Waals surface area contributed by atoms with Crippen LogP contribution < -0.4 is 5.32 Å². The van der Waals surface area contributed by atoms with Crippen LogP contribution in [0.1, 0.15) is 17.0 Å². The quantitative estimate of drug-likeness (QED) is 0.875. The largest absolute Gasteiger partial charge is 0.314 e. The number of nitrogens with one attached hydrogen (secondary N) is 1. The van der Waals surface area contributed by atoms with Gasteiger partial charge in [-0.3, -0.25) is 9.88 Å². The van der Waals surface area contributed by atoms with Gasteiger partial charge < -0.3 is 5.32 Å². The first-order valence-electron chi connectivity index (χ1n) is 6.18. The molecule has 0 saturated carbocycles. The van der Waals surface area contributed by atoms with Crippen LogP contribution >= 0.6 is 27.3 Å². The number of thiophene rings is 1. The Morgan fingerprint density at radius 3 is 2.79 bits per heavy atom. The van der Waals surface area contributed by atoms with Gasteiger partial charge in [-0.1, -0.05) is 6.07 Å². The fourth-order valence-electron chi connectivity index (χ4n) is 1.97. The Morgan fingerprint density at radius 1 is 1.32 bits per heavy atom. The van der Waals surface area contributed by atoms with E-state index in [2.05, 4.69) is 67.8 Å². The number of pyridine rings is 1. The van der Waals surface area contributed by atoms with E-state index >= 15 is 0 Å². The molecule has 1 N–H and O–H groups in total. The normalized spacial score (nSPS) is 11.2. The maximum absolute atomic E-state index is 4.64. The molecule has 2 aromatic heterocycles. The van der Waals surface area contributed by atoms with Crippen LogP contribution in [0.5, 0.6) is 0 Å². The molecule has 0 atom stereocenters. The summed E-state index contributed by atoms with van der Waals surface area (Å²) >= 11 is 5.22. The minimum Gasteiger partial charge on any atom is -0.314 e. The molecule has 0 bridgehead atoms. The molecular formula is C14H18BrN3S. The molecule has 0 amide bonds. The first-order valence-corrected chi connectivity index (χ1v) is 7.85. The van der Waals surface area contributed by atoms with E-state index in [0.717, 1.165) is 31.0 Å². The Balaban J connectivity index is 1.94. The lowest BCUT2D eigenvalue weighted by Crippen LogP contribution is -2.18. The maximum Gasteiger partial charge on any atom is 0.0701 e. The lowest BCUT2D eigenvalue weighted by Gasteiger charge is -2.15. The number of hydrogen-bond acceptors (Lipinski definition) is 4. The fraction of sp³-hybridized carbons (Fsp3) is 0.357. The van der Waals surface area contributed by atoms with E-state index in [1.165, 1.54) is 9.35 Å². The van der Waals surface area contributed by atoms with Gasteiger partial charge in [-0.05, 0) is 59.2 Å². The van der Waals surface area contributed by atoms with Crippen LogP contribution in [0, 0.1) is 0 Å². The maximum atomic E-state index is 4.64. The molecule has 3 nitrogen and oxygen atoms in total. The smallest absolute Gasteiger partial charge is 0.0701 e. The van der Waals surface area contributed by atoms with Gasteiger partial charge in [0.25, 0.3) is 0 Å². The van der Waals surface area contributed by atoms with Gasteiger partial charge in [0.1, 0.15) is 0 Å². The lowest BCUT2D eigenvalue weighted by molar-refractivity contribution is 0.315. The topological polar surface area (TPSA) is 28.2 Å². The zero-order valence-electron chi connectivity index (χ0n) is 11.2. The van der Waals surface area contributed by atoms with Crippen LogP contribution in [0.15, 0.2) is 33.4 Å². The van der Waals surface area contributed by atoms with Crippen LogP contribution in [0.3, 0.4) is 0 Å². The van der Waals surface area contributed by atoms with E-state index in [1.54, 1.807) is 11.3 Å². The van der Waals surface area contributed by atoms with Gasteiger partial charge in [-0.15, -0.1) is 11.3 Å². The number of rotatable bonds is 6. The average molecular weight is 340 g/mol. The van der Waals surface area contributed by atoms with Crippen molar-refractivity contribution < 1.29 is 0 Å². The number of aromatic nitrogens is 1. The number of halogens is 1. The zero-order valence-corrected chi connectivity index (χ0v) is 13.6. The summed E-state index contributed by atoms with van der Waals surface area (Å²) < 4.78 is 1.19. The summed E-state index contributed by atoms with van der Waals surface area (Å²) in [5, 5.41) is 5.31. The predicted molar refractivity (Wildman–Crippen MR) is 84.2 cm³/mol. The summed E-state index contributed by atoms with van der Waals surface area (Å²) in [7, 11) is 4.06. The first-order chi connectivity index (χ1) is 9.17. The predicted octanol–water partition coefficient (Wildman–Crippen LogP) is 3.26. The molecule has 0 aromatic carbocycles. The highest BCUT2D eigenvalue weighted by Crippen LogP contribution is 2.21. The van der Waals surface area contributed by atoms with E-state index in [-0.39, 0.29) is 0 Å². The molecule has 0 aliphatic heterocycles. The van der Waals surface area contributed by atoms with Crippen LogP contribution in [0.2, 0.25) is 0 Å². The van der Waals surface area contributed by atoms with E-state index in [1.807, 2.05) is 7.05 Å². The summed E-state index contributed by atoms with van der Waals surface area (Å²) in [6.07, 6.45) is 0. The van der Waals surface area contributed by atoms with Gasteiger partial charge in [-0.2, -0.15) is 0 Å². The van der Waals surface area contributed by atoms with Gasteiger partial charge in [0.15, 0.2) is 0 Å². The van der Waals surface area contributed by atoms with E-state index < -0.39 is 0 Å². The molecule has 2 aromatic rings. The summed E-state index contributed by atoms with van der Waals surface area (Å²) in [5.74, 6) is 0.